The Balaban J connectivity index is 2.01. The predicted octanol–water partition coefficient (Wildman–Crippen LogP) is 5.44. The van der Waals surface area contributed by atoms with Crippen LogP contribution in [0.2, 0.25) is 0 Å². The van der Waals surface area contributed by atoms with Crippen LogP contribution in [-0.2, 0) is 23.8 Å². The van der Waals surface area contributed by atoms with Crippen molar-refractivity contribution in [3.63, 3.8) is 0 Å². The molecule has 0 N–H and O–H groups in total. The van der Waals surface area contributed by atoms with Gasteiger partial charge in [-0.25, -0.2) is 0 Å². The normalized spacial score (nSPS) is 23.9. The van der Waals surface area contributed by atoms with Crippen LogP contribution in [0.1, 0.15) is 99.3 Å². The second-order valence-electron chi connectivity index (χ2n) is 10.5. The minimum Gasteiger partial charge on any atom is -0.460 e. The monoisotopic (exact) mass is 410 g/mol. The van der Waals surface area contributed by atoms with Crippen molar-refractivity contribution in [3.8, 4) is 0 Å². The van der Waals surface area contributed by atoms with Crippen LogP contribution in [0.15, 0.2) is 0 Å². The first-order valence-corrected chi connectivity index (χ1v) is 11.5. The first-order chi connectivity index (χ1) is 13.5. The van der Waals surface area contributed by atoms with Crippen molar-refractivity contribution in [2.45, 2.75) is 111 Å². The summed E-state index contributed by atoms with van der Waals surface area (Å²) in [6.07, 6.45) is 8.52. The number of ether oxygens (including phenoxy) is 3. The molecule has 2 aliphatic rings. The van der Waals surface area contributed by atoms with E-state index in [9.17, 15) is 9.59 Å². The lowest BCUT2D eigenvalue weighted by atomic mass is 9.72. The predicted molar refractivity (Wildman–Crippen MR) is 113 cm³/mol. The second-order valence-corrected chi connectivity index (χ2v) is 10.5. The van der Waals surface area contributed by atoms with Gasteiger partial charge in [0.05, 0.1) is 17.4 Å². The minimum atomic E-state index is -0.768. The first-order valence-electron chi connectivity index (χ1n) is 11.5. The maximum atomic E-state index is 13.3. The average Bonchev–Trinajstić information content (AvgIpc) is 2.68. The third-order valence-electron chi connectivity index (χ3n) is 6.99. The third-order valence-corrected chi connectivity index (χ3v) is 6.99. The third kappa shape index (κ3) is 6.44. The molecule has 2 unspecified atom stereocenters. The molecule has 2 rings (SSSR count). The molecule has 0 radical (unpaired) electrons. The molecule has 1 saturated carbocycles. The van der Waals surface area contributed by atoms with Gasteiger partial charge < -0.3 is 14.2 Å². The van der Waals surface area contributed by atoms with Gasteiger partial charge in [0, 0.05) is 6.61 Å². The van der Waals surface area contributed by atoms with Gasteiger partial charge in [-0.15, -0.1) is 0 Å². The van der Waals surface area contributed by atoms with E-state index in [4.69, 9.17) is 14.2 Å². The summed E-state index contributed by atoms with van der Waals surface area (Å²) in [5, 5.41) is 0. The highest BCUT2D eigenvalue weighted by molar-refractivity contribution is 5.80. The smallest absolute Gasteiger partial charge is 0.312 e. The fraction of sp³-hybridized carbons (Fsp3) is 0.917. The number of hydrogen-bond acceptors (Lipinski definition) is 5. The van der Waals surface area contributed by atoms with E-state index >= 15 is 0 Å². The van der Waals surface area contributed by atoms with Gasteiger partial charge in [0.2, 0.25) is 0 Å². The van der Waals surface area contributed by atoms with E-state index in [0.717, 1.165) is 32.3 Å². The molecule has 1 aliphatic carbocycles. The Morgan fingerprint density at radius 2 is 1.59 bits per heavy atom. The van der Waals surface area contributed by atoms with Crippen LogP contribution in [0, 0.1) is 16.7 Å². The molecule has 168 valence electrons. The van der Waals surface area contributed by atoms with Gasteiger partial charge in [0.25, 0.3) is 0 Å². The summed E-state index contributed by atoms with van der Waals surface area (Å²) >= 11 is 0. The van der Waals surface area contributed by atoms with E-state index in [-0.39, 0.29) is 18.0 Å². The molecular weight excluding hydrogens is 368 g/mol. The van der Waals surface area contributed by atoms with Gasteiger partial charge in [-0.1, -0.05) is 26.2 Å². The van der Waals surface area contributed by atoms with Crippen molar-refractivity contribution in [2.75, 3.05) is 13.2 Å². The zero-order valence-electron chi connectivity index (χ0n) is 19.5. The zero-order valence-corrected chi connectivity index (χ0v) is 19.5. The van der Waals surface area contributed by atoms with Crippen LogP contribution in [-0.4, -0.2) is 36.9 Å². The summed E-state index contributed by atoms with van der Waals surface area (Å²) in [4.78, 5) is 26.1. The molecule has 2 fully saturated rings. The molecule has 1 heterocycles. The first kappa shape index (κ1) is 24.2. The molecule has 0 spiro atoms. The van der Waals surface area contributed by atoms with E-state index in [1.807, 2.05) is 41.5 Å². The molecule has 1 aliphatic heterocycles. The Kier molecular flexibility index (Phi) is 8.17. The van der Waals surface area contributed by atoms with Crippen LogP contribution < -0.4 is 0 Å². The lowest BCUT2D eigenvalue weighted by Crippen LogP contribution is -2.45. The van der Waals surface area contributed by atoms with E-state index < -0.39 is 16.4 Å². The average molecular weight is 411 g/mol. The lowest BCUT2D eigenvalue weighted by molar-refractivity contribution is -0.180. The van der Waals surface area contributed by atoms with E-state index in [2.05, 4.69) is 0 Å². The minimum absolute atomic E-state index is 0.180. The Morgan fingerprint density at radius 1 is 0.931 bits per heavy atom. The van der Waals surface area contributed by atoms with Gasteiger partial charge in [0.1, 0.15) is 11.7 Å². The SMILES string of the molecule is CCC(C)(CC(C)(C)C(=O)OC1CCCOC1)C(=O)OC(C)(C)C1CCCCC1. The zero-order chi connectivity index (χ0) is 21.7. The maximum Gasteiger partial charge on any atom is 0.312 e. The molecule has 1 saturated heterocycles. The quantitative estimate of drug-likeness (QED) is 0.498. The van der Waals surface area contributed by atoms with Gasteiger partial charge in [-0.05, 0) is 79.1 Å². The fourth-order valence-electron chi connectivity index (χ4n) is 4.75. The molecule has 5 heteroatoms. The summed E-state index contributed by atoms with van der Waals surface area (Å²) in [5.74, 6) is -0.0463. The molecular formula is C24H42O5. The van der Waals surface area contributed by atoms with E-state index in [0.29, 0.717) is 25.4 Å². The molecule has 0 amide bonds. The molecule has 0 aromatic rings. The van der Waals surface area contributed by atoms with E-state index in [1.54, 1.807) is 0 Å². The highest BCUT2D eigenvalue weighted by atomic mass is 16.6. The van der Waals surface area contributed by atoms with Crippen molar-refractivity contribution < 1.29 is 23.8 Å². The largest absolute Gasteiger partial charge is 0.460 e. The van der Waals surface area contributed by atoms with Crippen LogP contribution in [0.25, 0.3) is 0 Å². The fourth-order valence-corrected chi connectivity index (χ4v) is 4.75. The number of esters is 2. The van der Waals surface area contributed by atoms with E-state index in [1.165, 1.54) is 19.3 Å². The maximum absolute atomic E-state index is 13.3. The summed E-state index contributed by atoms with van der Waals surface area (Å²) in [7, 11) is 0. The topological polar surface area (TPSA) is 61.8 Å². The Morgan fingerprint density at radius 3 is 2.14 bits per heavy atom. The number of hydrogen-bond donors (Lipinski definition) is 0. The lowest BCUT2D eigenvalue weighted by Gasteiger charge is -2.41. The van der Waals surface area contributed by atoms with Crippen molar-refractivity contribution in [2.24, 2.45) is 16.7 Å². The molecule has 0 aromatic heterocycles. The Bertz CT molecular complexity index is 556. The van der Waals surface area contributed by atoms with Gasteiger partial charge in [-0.2, -0.15) is 0 Å². The molecule has 0 aromatic carbocycles. The molecule has 5 nitrogen and oxygen atoms in total. The molecule has 29 heavy (non-hydrogen) atoms. The van der Waals surface area contributed by atoms with Crippen molar-refractivity contribution in [1.29, 1.82) is 0 Å². The highest BCUT2D eigenvalue weighted by Gasteiger charge is 2.46. The van der Waals surface area contributed by atoms with Crippen molar-refractivity contribution in [1.82, 2.24) is 0 Å². The summed E-state index contributed by atoms with van der Waals surface area (Å²) in [6.45, 7) is 12.9. The Labute approximate surface area is 177 Å². The van der Waals surface area contributed by atoms with Gasteiger partial charge in [-0.3, -0.25) is 9.59 Å². The van der Waals surface area contributed by atoms with Crippen molar-refractivity contribution >= 4 is 11.9 Å². The molecule has 2 atom stereocenters. The van der Waals surface area contributed by atoms with Crippen molar-refractivity contribution in [3.05, 3.63) is 0 Å². The molecule has 0 bridgehead atoms. The highest BCUT2D eigenvalue weighted by Crippen LogP contribution is 2.42. The second kappa shape index (κ2) is 9.80. The van der Waals surface area contributed by atoms with Crippen LogP contribution in [0.3, 0.4) is 0 Å². The van der Waals surface area contributed by atoms with Crippen LogP contribution in [0.4, 0.5) is 0 Å². The number of carbonyl (C=O) groups is 2. The summed E-state index contributed by atoms with van der Waals surface area (Å²) in [6, 6.07) is 0. The Hall–Kier alpha value is -1.10. The summed E-state index contributed by atoms with van der Waals surface area (Å²) in [5.41, 5.74) is -1.97. The van der Waals surface area contributed by atoms with Crippen LogP contribution >= 0.6 is 0 Å². The van der Waals surface area contributed by atoms with Gasteiger partial charge >= 0.3 is 11.9 Å². The van der Waals surface area contributed by atoms with Crippen LogP contribution in [0.5, 0.6) is 0 Å². The summed E-state index contributed by atoms with van der Waals surface area (Å²) < 4.78 is 17.2. The van der Waals surface area contributed by atoms with Gasteiger partial charge in [0.15, 0.2) is 0 Å². The number of rotatable bonds is 8. The number of carbonyl (C=O) groups excluding carboxylic acids is 2. The standard InChI is InChI=1S/C24H42O5/c1-7-24(6,21(26)29-23(4,5)18-12-9-8-10-13-18)17-22(2,3)20(25)28-19-14-11-15-27-16-19/h18-19H,7-17H2,1-6H3.